The van der Waals surface area contributed by atoms with E-state index in [2.05, 4.69) is 9.68 Å². The Hall–Kier alpha value is -3.44. The maximum absolute atomic E-state index is 14.9. The topological polar surface area (TPSA) is 126 Å². The van der Waals surface area contributed by atoms with Gasteiger partial charge in [-0.1, -0.05) is 6.08 Å². The minimum Gasteiger partial charge on any atom is -0.471 e. The van der Waals surface area contributed by atoms with Crippen molar-refractivity contribution in [3.05, 3.63) is 48.0 Å². The van der Waals surface area contributed by atoms with Gasteiger partial charge in [0.1, 0.15) is 18.7 Å². The minimum absolute atomic E-state index is 0.0882. The summed E-state index contributed by atoms with van der Waals surface area (Å²) in [6.45, 7) is 0.0533. The average Bonchev–Trinajstić information content (AvgIpc) is 3.48. The third-order valence-corrected chi connectivity index (χ3v) is 5.63. The van der Waals surface area contributed by atoms with Crippen molar-refractivity contribution in [1.29, 1.82) is 0 Å². The number of nitrogens with zero attached hydrogens (tertiary/aromatic N) is 3. The van der Waals surface area contributed by atoms with Gasteiger partial charge >= 0.3 is 6.09 Å². The van der Waals surface area contributed by atoms with Gasteiger partial charge < -0.3 is 29.1 Å². The third kappa shape index (κ3) is 4.99. The Balaban J connectivity index is 1.39. The van der Waals surface area contributed by atoms with Crippen molar-refractivity contribution in [3.8, 4) is 5.88 Å². The van der Waals surface area contributed by atoms with Crippen LogP contribution in [-0.2, 0) is 9.53 Å². The van der Waals surface area contributed by atoms with Gasteiger partial charge in [0.05, 0.1) is 31.4 Å². The quantitative estimate of drug-likeness (QED) is 0.605. The lowest BCUT2D eigenvalue weighted by atomic mass is 9.97. The first-order chi connectivity index (χ1) is 16.0. The van der Waals surface area contributed by atoms with Crippen LogP contribution in [0.4, 0.5) is 14.9 Å². The number of carbonyl (C=O) groups excluding carboxylic acids is 2. The van der Waals surface area contributed by atoms with Crippen LogP contribution in [0.2, 0.25) is 0 Å². The monoisotopic (exact) mass is 461 g/mol. The van der Waals surface area contributed by atoms with E-state index >= 15 is 0 Å². The van der Waals surface area contributed by atoms with Gasteiger partial charge in [0, 0.05) is 24.7 Å². The molecule has 0 bridgehead atoms. The number of benzene rings is 1. The van der Waals surface area contributed by atoms with Crippen molar-refractivity contribution < 1.29 is 38.2 Å². The fraction of sp³-hybridized carbons (Fsp3) is 0.409. The summed E-state index contributed by atoms with van der Waals surface area (Å²) in [5.74, 6) is -1.39. The van der Waals surface area contributed by atoms with Crippen molar-refractivity contribution in [2.24, 2.45) is 5.92 Å². The van der Waals surface area contributed by atoms with Crippen molar-refractivity contribution in [1.82, 2.24) is 10.1 Å². The number of carbonyl (C=O) groups is 2. The molecule has 1 aromatic heterocycles. The van der Waals surface area contributed by atoms with Gasteiger partial charge in [0.15, 0.2) is 6.10 Å². The molecule has 1 fully saturated rings. The fourth-order valence-electron chi connectivity index (χ4n) is 3.79. The first kappa shape index (κ1) is 22.7. The number of halogens is 1. The number of hydrogen-bond acceptors (Lipinski definition) is 8. The van der Waals surface area contributed by atoms with E-state index in [0.717, 1.165) is 5.57 Å². The molecule has 2 aliphatic rings. The lowest BCUT2D eigenvalue weighted by molar-refractivity contribution is -0.137. The highest BCUT2D eigenvalue weighted by molar-refractivity contribution is 5.90. The number of cyclic esters (lactones) is 1. The zero-order chi connectivity index (χ0) is 23.4. The molecule has 2 amide bonds. The van der Waals surface area contributed by atoms with E-state index in [9.17, 15) is 24.2 Å². The SMILES string of the molecule is O=C(C(CO)CO)N1CC=C(c2ccc(N3CC(COc4ccon4)OC3=O)cc2F)CC1. The van der Waals surface area contributed by atoms with Crippen LogP contribution in [0.1, 0.15) is 12.0 Å². The Morgan fingerprint density at radius 2 is 2.12 bits per heavy atom. The summed E-state index contributed by atoms with van der Waals surface area (Å²) in [5.41, 5.74) is 1.51. The molecule has 0 aliphatic carbocycles. The molecule has 1 aromatic carbocycles. The second-order valence-electron chi connectivity index (χ2n) is 7.75. The van der Waals surface area contributed by atoms with Crippen LogP contribution in [0.3, 0.4) is 0 Å². The molecule has 11 heteroatoms. The summed E-state index contributed by atoms with van der Waals surface area (Å²) in [4.78, 5) is 27.4. The zero-order valence-corrected chi connectivity index (χ0v) is 17.7. The number of ether oxygens (including phenoxy) is 2. The second kappa shape index (κ2) is 10.0. The van der Waals surface area contributed by atoms with Crippen molar-refractivity contribution in [2.45, 2.75) is 12.5 Å². The molecule has 3 heterocycles. The average molecular weight is 461 g/mol. The molecule has 176 valence electrons. The largest absolute Gasteiger partial charge is 0.471 e. The molecule has 1 unspecified atom stereocenters. The van der Waals surface area contributed by atoms with Gasteiger partial charge in [-0.25, -0.2) is 9.18 Å². The Labute approximate surface area is 188 Å². The summed E-state index contributed by atoms with van der Waals surface area (Å²) in [6.07, 6.45) is 2.42. The van der Waals surface area contributed by atoms with E-state index in [-0.39, 0.29) is 31.5 Å². The molecular formula is C22H24FN3O7. The molecular weight excluding hydrogens is 437 g/mol. The zero-order valence-electron chi connectivity index (χ0n) is 17.7. The molecule has 4 rings (SSSR count). The van der Waals surface area contributed by atoms with Crippen molar-refractivity contribution >= 4 is 23.3 Å². The van der Waals surface area contributed by atoms with Gasteiger partial charge in [0.2, 0.25) is 5.91 Å². The van der Waals surface area contributed by atoms with Crippen LogP contribution in [0.25, 0.3) is 5.57 Å². The Morgan fingerprint density at radius 1 is 1.30 bits per heavy atom. The molecule has 0 spiro atoms. The number of anilines is 1. The van der Waals surface area contributed by atoms with E-state index in [1.54, 1.807) is 18.2 Å². The first-order valence-electron chi connectivity index (χ1n) is 10.5. The Bertz CT molecular complexity index is 1020. The van der Waals surface area contributed by atoms with Crippen LogP contribution in [0, 0.1) is 11.7 Å². The third-order valence-electron chi connectivity index (χ3n) is 5.63. The van der Waals surface area contributed by atoms with Gasteiger partial charge in [-0.05, 0) is 35.3 Å². The molecule has 1 atom stereocenters. The molecule has 2 N–H and O–H groups in total. The van der Waals surface area contributed by atoms with Gasteiger partial charge in [-0.2, -0.15) is 0 Å². The summed E-state index contributed by atoms with van der Waals surface area (Å²) in [6, 6.07) is 6.07. The Morgan fingerprint density at radius 3 is 2.76 bits per heavy atom. The predicted octanol–water partition coefficient (Wildman–Crippen LogP) is 1.43. The molecule has 2 aliphatic heterocycles. The van der Waals surface area contributed by atoms with E-state index in [0.29, 0.717) is 24.2 Å². The number of aliphatic hydroxyl groups excluding tert-OH is 2. The number of aromatic nitrogens is 1. The van der Waals surface area contributed by atoms with Gasteiger partial charge in [-0.3, -0.25) is 9.69 Å². The number of hydrogen-bond donors (Lipinski definition) is 2. The second-order valence-corrected chi connectivity index (χ2v) is 7.75. The van der Waals surface area contributed by atoms with Gasteiger partial charge in [0.25, 0.3) is 5.88 Å². The maximum atomic E-state index is 14.9. The molecule has 33 heavy (non-hydrogen) atoms. The van der Waals surface area contributed by atoms with E-state index < -0.39 is 37.1 Å². The fourth-order valence-corrected chi connectivity index (χ4v) is 3.79. The number of amides is 2. The number of rotatable bonds is 8. The van der Waals surface area contributed by atoms with Crippen LogP contribution in [0.5, 0.6) is 5.88 Å². The summed E-state index contributed by atoms with van der Waals surface area (Å²) in [7, 11) is 0. The van der Waals surface area contributed by atoms with Gasteiger partial charge in [-0.15, -0.1) is 0 Å². The molecule has 0 saturated carbocycles. The standard InChI is InChI=1S/C22H24FN3O7/c23-19-9-16(26-10-17(33-22(26)30)13-31-20-5-8-32-24-20)1-2-18(19)14-3-6-25(7-4-14)21(29)15(11-27)12-28/h1-3,5,8-9,15,17,27-28H,4,6-7,10-13H2. The van der Waals surface area contributed by atoms with E-state index in [1.807, 2.05) is 0 Å². The van der Waals surface area contributed by atoms with Crippen LogP contribution in [0.15, 0.2) is 41.1 Å². The van der Waals surface area contributed by atoms with E-state index in [1.165, 1.54) is 28.2 Å². The minimum atomic E-state index is -0.846. The Kier molecular flexibility index (Phi) is 6.90. The highest BCUT2D eigenvalue weighted by Crippen LogP contribution is 2.30. The molecule has 1 saturated heterocycles. The van der Waals surface area contributed by atoms with E-state index in [4.69, 9.17) is 9.47 Å². The highest BCUT2D eigenvalue weighted by Gasteiger charge is 2.33. The lowest BCUT2D eigenvalue weighted by Crippen LogP contribution is -2.41. The normalized spacial score (nSPS) is 18.5. The van der Waals surface area contributed by atoms with Crippen LogP contribution < -0.4 is 9.64 Å². The molecule has 10 nitrogen and oxygen atoms in total. The highest BCUT2D eigenvalue weighted by atomic mass is 19.1. The summed E-state index contributed by atoms with van der Waals surface area (Å²) in [5, 5.41) is 22.0. The van der Waals surface area contributed by atoms with Crippen molar-refractivity contribution in [3.63, 3.8) is 0 Å². The van der Waals surface area contributed by atoms with Crippen LogP contribution in [-0.4, -0.2) is 77.8 Å². The predicted molar refractivity (Wildman–Crippen MR) is 113 cm³/mol. The summed E-state index contributed by atoms with van der Waals surface area (Å²) < 4.78 is 30.3. The maximum Gasteiger partial charge on any atom is 0.414 e. The summed E-state index contributed by atoms with van der Waals surface area (Å²) >= 11 is 0. The lowest BCUT2D eigenvalue weighted by Gasteiger charge is -2.29. The smallest absolute Gasteiger partial charge is 0.414 e. The van der Waals surface area contributed by atoms with Crippen molar-refractivity contribution in [2.75, 3.05) is 44.4 Å². The first-order valence-corrected chi connectivity index (χ1v) is 10.5. The molecule has 0 radical (unpaired) electrons. The van der Waals surface area contributed by atoms with Crippen LogP contribution >= 0.6 is 0 Å². The number of aliphatic hydroxyl groups is 2. The molecule has 2 aromatic rings.